The van der Waals surface area contributed by atoms with Gasteiger partial charge in [0.15, 0.2) is 5.17 Å². The third-order valence-corrected chi connectivity index (χ3v) is 5.29. The van der Waals surface area contributed by atoms with E-state index in [4.69, 9.17) is 4.84 Å². The van der Waals surface area contributed by atoms with Gasteiger partial charge in [-0.25, -0.2) is 4.99 Å². The predicted octanol–water partition coefficient (Wildman–Crippen LogP) is 5.12. The van der Waals surface area contributed by atoms with Crippen LogP contribution in [0.4, 0.5) is 5.69 Å². The van der Waals surface area contributed by atoms with E-state index in [-0.39, 0.29) is 11.2 Å². The van der Waals surface area contributed by atoms with Crippen LogP contribution in [0, 0.1) is 0 Å². The van der Waals surface area contributed by atoms with E-state index in [0.717, 1.165) is 16.8 Å². The van der Waals surface area contributed by atoms with Crippen molar-refractivity contribution in [3.05, 3.63) is 102 Å². The number of rotatable bonds is 5. The molecule has 134 valence electrons. The second-order valence-corrected chi connectivity index (χ2v) is 7.10. The van der Waals surface area contributed by atoms with Crippen molar-refractivity contribution in [1.29, 1.82) is 0 Å². The van der Waals surface area contributed by atoms with E-state index in [9.17, 15) is 4.79 Å². The summed E-state index contributed by atoms with van der Waals surface area (Å²) in [6, 6.07) is 29.1. The Balaban J connectivity index is 1.61. The molecule has 1 atom stereocenters. The van der Waals surface area contributed by atoms with E-state index in [2.05, 4.69) is 4.99 Å². The van der Waals surface area contributed by atoms with Gasteiger partial charge in [0.25, 0.3) is 5.91 Å². The Morgan fingerprint density at radius 2 is 1.44 bits per heavy atom. The van der Waals surface area contributed by atoms with Crippen LogP contribution in [-0.2, 0) is 16.2 Å². The Morgan fingerprint density at radius 1 is 0.852 bits per heavy atom. The van der Waals surface area contributed by atoms with E-state index < -0.39 is 0 Å². The molecule has 4 rings (SSSR count). The number of carbonyl (C=O) groups excluding carboxylic acids is 1. The van der Waals surface area contributed by atoms with Crippen LogP contribution in [0.25, 0.3) is 0 Å². The zero-order valence-corrected chi connectivity index (χ0v) is 15.4. The molecule has 0 radical (unpaired) electrons. The predicted molar refractivity (Wildman–Crippen MR) is 108 cm³/mol. The summed E-state index contributed by atoms with van der Waals surface area (Å²) in [5.74, 6) is -0.114. The zero-order chi connectivity index (χ0) is 18.5. The summed E-state index contributed by atoms with van der Waals surface area (Å²) < 4.78 is 0. The molecule has 5 heteroatoms. The number of hydroxylamine groups is 2. The molecule has 1 fully saturated rings. The highest BCUT2D eigenvalue weighted by atomic mass is 32.2. The van der Waals surface area contributed by atoms with Crippen molar-refractivity contribution in [3.8, 4) is 0 Å². The maximum atomic E-state index is 13.0. The number of benzene rings is 3. The fraction of sp³-hybridized carbons (Fsp3) is 0.0909. The highest BCUT2D eigenvalue weighted by Gasteiger charge is 2.40. The van der Waals surface area contributed by atoms with Crippen molar-refractivity contribution in [3.63, 3.8) is 0 Å². The summed E-state index contributed by atoms with van der Waals surface area (Å²) >= 11 is 1.41. The van der Waals surface area contributed by atoms with E-state index in [1.165, 1.54) is 16.8 Å². The van der Waals surface area contributed by atoms with Crippen LogP contribution in [-0.4, -0.2) is 16.1 Å². The Morgan fingerprint density at radius 3 is 2.11 bits per heavy atom. The largest absolute Gasteiger partial charge is 0.270 e. The maximum Gasteiger partial charge on any atom is 0.270 e. The molecule has 1 aliphatic heterocycles. The van der Waals surface area contributed by atoms with Gasteiger partial charge in [-0.05, 0) is 23.3 Å². The van der Waals surface area contributed by atoms with Gasteiger partial charge in [0.2, 0.25) is 0 Å². The highest BCUT2D eigenvalue weighted by molar-refractivity contribution is 8.15. The summed E-state index contributed by atoms with van der Waals surface area (Å²) in [4.78, 5) is 23.5. The molecule has 0 saturated carbocycles. The molecule has 1 unspecified atom stereocenters. The summed E-state index contributed by atoms with van der Waals surface area (Å²) in [7, 11) is 0. The number of amidine groups is 1. The molecule has 1 heterocycles. The molecule has 3 aromatic carbocycles. The van der Waals surface area contributed by atoms with Crippen molar-refractivity contribution in [1.82, 2.24) is 5.06 Å². The fourth-order valence-corrected chi connectivity index (χ4v) is 3.86. The molecule has 1 aliphatic rings. The molecule has 3 aromatic rings. The van der Waals surface area contributed by atoms with Gasteiger partial charge in [0.05, 0.1) is 5.69 Å². The average molecular weight is 374 g/mol. The molecule has 0 bridgehead atoms. The lowest BCUT2D eigenvalue weighted by atomic mass is 10.1. The van der Waals surface area contributed by atoms with Crippen LogP contribution < -0.4 is 0 Å². The fourth-order valence-electron chi connectivity index (χ4n) is 2.76. The number of nitrogens with zero attached hydrogens (tertiary/aromatic N) is 2. The lowest BCUT2D eigenvalue weighted by molar-refractivity contribution is -0.163. The summed E-state index contributed by atoms with van der Waals surface area (Å²) in [6.45, 7) is 0.308. The summed E-state index contributed by atoms with van der Waals surface area (Å²) in [5.41, 5.74) is 2.73. The first-order valence-electron chi connectivity index (χ1n) is 8.67. The number of hydrogen-bond donors (Lipinski definition) is 0. The van der Waals surface area contributed by atoms with Crippen molar-refractivity contribution in [2.24, 2.45) is 4.99 Å². The van der Waals surface area contributed by atoms with Gasteiger partial charge in [0.1, 0.15) is 11.9 Å². The SMILES string of the molecule is O=C1C(c2ccccc2)SC(=Nc2ccccc2)N1OCc1ccccc1. The minimum absolute atomic E-state index is 0.114. The smallest absolute Gasteiger partial charge is 0.270 e. The van der Waals surface area contributed by atoms with E-state index in [1.54, 1.807) is 0 Å². The summed E-state index contributed by atoms with van der Waals surface area (Å²) in [6.07, 6.45) is 0. The zero-order valence-electron chi connectivity index (χ0n) is 14.6. The average Bonchev–Trinajstić information content (AvgIpc) is 3.04. The molecular formula is C22H18N2O2S. The van der Waals surface area contributed by atoms with Crippen LogP contribution in [0.15, 0.2) is 96.0 Å². The molecule has 0 N–H and O–H groups in total. The minimum Gasteiger partial charge on any atom is -0.270 e. The monoisotopic (exact) mass is 374 g/mol. The quantitative estimate of drug-likeness (QED) is 0.622. The Bertz CT molecular complexity index is 930. The van der Waals surface area contributed by atoms with Crippen LogP contribution in [0.1, 0.15) is 16.4 Å². The Hall–Kier alpha value is -2.89. The van der Waals surface area contributed by atoms with Gasteiger partial charge in [-0.2, -0.15) is 5.06 Å². The lowest BCUT2D eigenvalue weighted by Gasteiger charge is -2.16. The standard InChI is InChI=1S/C22H18N2O2S/c25-21-20(18-12-6-2-7-13-18)27-22(23-19-14-8-3-9-15-19)24(21)26-16-17-10-4-1-5-11-17/h1-15,20H,16H2. The summed E-state index contributed by atoms with van der Waals surface area (Å²) in [5, 5.41) is 1.53. The molecule has 0 aliphatic carbocycles. The first-order valence-corrected chi connectivity index (χ1v) is 9.55. The van der Waals surface area contributed by atoms with E-state index in [0.29, 0.717) is 11.8 Å². The molecular weight excluding hydrogens is 356 g/mol. The van der Waals surface area contributed by atoms with Crippen LogP contribution in [0.2, 0.25) is 0 Å². The molecule has 0 aromatic heterocycles. The third kappa shape index (κ3) is 4.10. The van der Waals surface area contributed by atoms with Crippen molar-refractivity contribution >= 4 is 28.5 Å². The third-order valence-electron chi connectivity index (χ3n) is 4.11. The molecule has 0 spiro atoms. The minimum atomic E-state index is -0.357. The molecule has 27 heavy (non-hydrogen) atoms. The molecule has 1 saturated heterocycles. The van der Waals surface area contributed by atoms with Crippen molar-refractivity contribution < 1.29 is 9.63 Å². The van der Waals surface area contributed by atoms with Gasteiger partial charge >= 0.3 is 0 Å². The Kier molecular flexibility index (Phi) is 5.32. The molecule has 4 nitrogen and oxygen atoms in total. The topological polar surface area (TPSA) is 41.9 Å². The van der Waals surface area contributed by atoms with Crippen LogP contribution in [0.5, 0.6) is 0 Å². The first-order chi connectivity index (χ1) is 13.3. The van der Waals surface area contributed by atoms with Gasteiger partial charge in [-0.1, -0.05) is 90.6 Å². The van der Waals surface area contributed by atoms with Crippen molar-refractivity contribution in [2.75, 3.05) is 0 Å². The van der Waals surface area contributed by atoms with E-state index >= 15 is 0 Å². The van der Waals surface area contributed by atoms with Gasteiger partial charge in [-0.15, -0.1) is 0 Å². The normalized spacial score (nSPS) is 18.2. The lowest BCUT2D eigenvalue weighted by Crippen LogP contribution is -2.30. The highest BCUT2D eigenvalue weighted by Crippen LogP contribution is 2.40. The molecule has 1 amide bonds. The Labute approximate surface area is 162 Å². The van der Waals surface area contributed by atoms with Crippen LogP contribution in [0.3, 0.4) is 0 Å². The second kappa shape index (κ2) is 8.20. The first kappa shape index (κ1) is 17.5. The number of hydrogen-bond acceptors (Lipinski definition) is 4. The number of carbonyl (C=O) groups is 1. The van der Waals surface area contributed by atoms with E-state index in [1.807, 2.05) is 91.0 Å². The number of amides is 1. The van der Waals surface area contributed by atoms with Gasteiger partial charge in [-0.3, -0.25) is 9.63 Å². The number of aliphatic imine (C=N–C) groups is 1. The number of thioether (sulfide) groups is 1. The van der Waals surface area contributed by atoms with Crippen molar-refractivity contribution in [2.45, 2.75) is 11.9 Å². The maximum absolute atomic E-state index is 13.0. The number of para-hydroxylation sites is 1. The van der Waals surface area contributed by atoms with Gasteiger partial charge < -0.3 is 0 Å². The van der Waals surface area contributed by atoms with Crippen LogP contribution >= 0.6 is 11.8 Å². The second-order valence-electron chi connectivity index (χ2n) is 6.03. The van der Waals surface area contributed by atoms with Gasteiger partial charge in [0, 0.05) is 0 Å².